The maximum atomic E-state index is 10.4. The Morgan fingerprint density at radius 3 is 3.21 bits per heavy atom. The Morgan fingerprint density at radius 2 is 2.43 bits per heavy atom. The van der Waals surface area contributed by atoms with Crippen LogP contribution in [0.4, 0.5) is 5.69 Å². The van der Waals surface area contributed by atoms with E-state index in [-0.39, 0.29) is 0 Å². The Hall–Kier alpha value is -0.830. The number of anilines is 1. The lowest BCUT2D eigenvalue weighted by Gasteiger charge is -2.25. The second-order valence-corrected chi connectivity index (χ2v) is 4.50. The van der Waals surface area contributed by atoms with E-state index in [1.807, 2.05) is 6.07 Å². The number of rotatable bonds is 2. The van der Waals surface area contributed by atoms with Crippen molar-refractivity contribution in [2.45, 2.75) is 25.3 Å². The van der Waals surface area contributed by atoms with Gasteiger partial charge in [-0.2, -0.15) is 0 Å². The summed E-state index contributed by atoms with van der Waals surface area (Å²) in [5, 5.41) is 3.37. The van der Waals surface area contributed by atoms with Gasteiger partial charge >= 0.3 is 0 Å². The minimum Gasteiger partial charge on any atom is -0.382 e. The molecule has 0 aromatic heterocycles. The first kappa shape index (κ1) is 9.71. The van der Waals surface area contributed by atoms with Crippen LogP contribution in [-0.4, -0.2) is 12.3 Å². The molecule has 14 heavy (non-hydrogen) atoms. The average Bonchev–Trinajstić information content (AvgIpc) is 2.19. The van der Waals surface area contributed by atoms with Crippen molar-refractivity contribution in [3.8, 4) is 0 Å². The van der Waals surface area contributed by atoms with Crippen LogP contribution in [0.5, 0.6) is 0 Å². The fourth-order valence-electron chi connectivity index (χ4n) is 1.82. The zero-order valence-electron chi connectivity index (χ0n) is 7.79. The molecule has 74 valence electrons. The number of carbonyl (C=O) groups is 1. The van der Waals surface area contributed by atoms with Gasteiger partial charge in [0.15, 0.2) is 0 Å². The molecule has 1 heterocycles. The van der Waals surface area contributed by atoms with E-state index in [2.05, 4.69) is 33.4 Å². The van der Waals surface area contributed by atoms with E-state index in [1.54, 1.807) is 0 Å². The Labute approximate surface area is 91.8 Å². The molecule has 3 heteroatoms. The molecule has 1 atom stereocenters. The van der Waals surface area contributed by atoms with Crippen LogP contribution in [0.15, 0.2) is 22.7 Å². The first-order valence-corrected chi connectivity index (χ1v) is 5.57. The van der Waals surface area contributed by atoms with Gasteiger partial charge in [-0.1, -0.05) is 15.9 Å². The van der Waals surface area contributed by atoms with Crippen molar-refractivity contribution < 1.29 is 4.79 Å². The highest BCUT2D eigenvalue weighted by Gasteiger charge is 2.16. The number of fused-ring (bicyclic) bond motifs is 1. The summed E-state index contributed by atoms with van der Waals surface area (Å²) in [6.45, 7) is 0. The Kier molecular flexibility index (Phi) is 2.87. The summed E-state index contributed by atoms with van der Waals surface area (Å²) in [7, 11) is 0. The van der Waals surface area contributed by atoms with Gasteiger partial charge < -0.3 is 10.1 Å². The first-order chi connectivity index (χ1) is 6.79. The highest BCUT2D eigenvalue weighted by molar-refractivity contribution is 9.10. The van der Waals surface area contributed by atoms with Gasteiger partial charge in [0.1, 0.15) is 6.29 Å². The van der Waals surface area contributed by atoms with Crippen LogP contribution in [-0.2, 0) is 11.2 Å². The molecular formula is C11H12BrNO. The molecule has 0 bridgehead atoms. The second kappa shape index (κ2) is 4.13. The second-order valence-electron chi connectivity index (χ2n) is 3.58. The number of hydrogen-bond acceptors (Lipinski definition) is 2. The van der Waals surface area contributed by atoms with Crippen molar-refractivity contribution in [3.63, 3.8) is 0 Å². The van der Waals surface area contributed by atoms with Gasteiger partial charge in [-0.05, 0) is 36.6 Å². The number of benzene rings is 1. The molecule has 1 N–H and O–H groups in total. The van der Waals surface area contributed by atoms with E-state index >= 15 is 0 Å². The lowest BCUT2D eigenvalue weighted by Crippen LogP contribution is -2.25. The molecule has 0 saturated heterocycles. The standard InChI is InChI=1S/C11H12BrNO/c12-9-2-4-11-8(7-9)1-3-10(13-11)5-6-14/h2,4,6-7,10,13H,1,3,5H2. The zero-order chi connectivity index (χ0) is 9.97. The number of carbonyl (C=O) groups excluding carboxylic acids is 1. The SMILES string of the molecule is O=CCC1CCc2cc(Br)ccc2N1. The summed E-state index contributed by atoms with van der Waals surface area (Å²) in [6, 6.07) is 6.55. The molecule has 1 aromatic rings. The van der Waals surface area contributed by atoms with Gasteiger partial charge in [0, 0.05) is 22.6 Å². The third kappa shape index (κ3) is 1.98. The van der Waals surface area contributed by atoms with E-state index in [0.29, 0.717) is 12.5 Å². The third-order valence-electron chi connectivity index (χ3n) is 2.57. The summed E-state index contributed by atoms with van der Waals surface area (Å²) in [6.07, 6.45) is 3.69. The quantitative estimate of drug-likeness (QED) is 0.822. The topological polar surface area (TPSA) is 29.1 Å². The largest absolute Gasteiger partial charge is 0.382 e. The number of aryl methyl sites for hydroxylation is 1. The normalized spacial score (nSPS) is 19.6. The monoisotopic (exact) mass is 253 g/mol. The predicted molar refractivity (Wildman–Crippen MR) is 60.6 cm³/mol. The molecule has 1 unspecified atom stereocenters. The van der Waals surface area contributed by atoms with Crippen molar-refractivity contribution in [1.29, 1.82) is 0 Å². The lowest BCUT2D eigenvalue weighted by atomic mass is 9.97. The van der Waals surface area contributed by atoms with E-state index in [1.165, 1.54) is 11.3 Å². The Balaban J connectivity index is 2.18. The molecule has 0 radical (unpaired) electrons. The summed E-state index contributed by atoms with van der Waals surface area (Å²) in [5.41, 5.74) is 2.51. The zero-order valence-corrected chi connectivity index (χ0v) is 9.38. The molecule has 2 rings (SSSR count). The van der Waals surface area contributed by atoms with Crippen LogP contribution >= 0.6 is 15.9 Å². The van der Waals surface area contributed by atoms with Gasteiger partial charge in [-0.25, -0.2) is 0 Å². The van der Waals surface area contributed by atoms with Gasteiger partial charge in [0.25, 0.3) is 0 Å². The molecule has 1 aliphatic heterocycles. The molecule has 0 fully saturated rings. The van der Waals surface area contributed by atoms with Crippen molar-refractivity contribution in [3.05, 3.63) is 28.2 Å². The fraction of sp³-hybridized carbons (Fsp3) is 0.364. The lowest BCUT2D eigenvalue weighted by molar-refractivity contribution is -0.108. The van der Waals surface area contributed by atoms with Crippen molar-refractivity contribution >= 4 is 27.9 Å². The van der Waals surface area contributed by atoms with Gasteiger partial charge in [-0.3, -0.25) is 0 Å². The van der Waals surface area contributed by atoms with Crippen LogP contribution in [0.25, 0.3) is 0 Å². The molecule has 0 aliphatic carbocycles. The maximum Gasteiger partial charge on any atom is 0.122 e. The number of nitrogens with one attached hydrogen (secondary N) is 1. The molecular weight excluding hydrogens is 242 g/mol. The minimum absolute atomic E-state index is 0.321. The van der Waals surface area contributed by atoms with Gasteiger partial charge in [-0.15, -0.1) is 0 Å². The van der Waals surface area contributed by atoms with Crippen LogP contribution in [0, 0.1) is 0 Å². The van der Waals surface area contributed by atoms with Gasteiger partial charge in [0.2, 0.25) is 0 Å². The number of aldehydes is 1. The molecule has 0 amide bonds. The van der Waals surface area contributed by atoms with E-state index in [4.69, 9.17) is 0 Å². The molecule has 0 spiro atoms. The summed E-state index contributed by atoms with van der Waals surface area (Å²) >= 11 is 3.45. The van der Waals surface area contributed by atoms with Crippen LogP contribution in [0.3, 0.4) is 0 Å². The molecule has 2 nitrogen and oxygen atoms in total. The predicted octanol–water partition coefficient (Wildman–Crippen LogP) is 2.76. The van der Waals surface area contributed by atoms with Crippen LogP contribution < -0.4 is 5.32 Å². The van der Waals surface area contributed by atoms with Crippen molar-refractivity contribution in [2.75, 3.05) is 5.32 Å². The maximum absolute atomic E-state index is 10.4. The number of hydrogen-bond donors (Lipinski definition) is 1. The highest BCUT2D eigenvalue weighted by atomic mass is 79.9. The summed E-state index contributed by atoms with van der Waals surface area (Å²) < 4.78 is 1.12. The first-order valence-electron chi connectivity index (χ1n) is 4.78. The molecule has 0 saturated carbocycles. The molecule has 1 aliphatic rings. The van der Waals surface area contributed by atoms with E-state index in [9.17, 15) is 4.79 Å². The van der Waals surface area contributed by atoms with Crippen LogP contribution in [0.2, 0.25) is 0 Å². The third-order valence-corrected chi connectivity index (χ3v) is 3.06. The smallest absolute Gasteiger partial charge is 0.122 e. The molecule has 1 aromatic carbocycles. The van der Waals surface area contributed by atoms with Crippen LogP contribution in [0.1, 0.15) is 18.4 Å². The van der Waals surface area contributed by atoms with Crippen molar-refractivity contribution in [2.24, 2.45) is 0 Å². The minimum atomic E-state index is 0.321. The van der Waals surface area contributed by atoms with E-state index < -0.39 is 0 Å². The van der Waals surface area contributed by atoms with Gasteiger partial charge in [0.05, 0.1) is 0 Å². The van der Waals surface area contributed by atoms with E-state index in [0.717, 1.165) is 23.6 Å². The summed E-state index contributed by atoms with van der Waals surface area (Å²) in [4.78, 5) is 10.4. The number of halogens is 1. The average molecular weight is 254 g/mol. The Bertz CT molecular complexity index is 351. The Morgan fingerprint density at radius 1 is 1.57 bits per heavy atom. The van der Waals surface area contributed by atoms with Crippen molar-refractivity contribution in [1.82, 2.24) is 0 Å². The summed E-state index contributed by atoms with van der Waals surface area (Å²) in [5.74, 6) is 0. The fourth-order valence-corrected chi connectivity index (χ4v) is 2.23. The highest BCUT2D eigenvalue weighted by Crippen LogP contribution is 2.28.